The summed E-state index contributed by atoms with van der Waals surface area (Å²) in [6.45, 7) is 27.1. The van der Waals surface area contributed by atoms with Crippen molar-refractivity contribution in [2.45, 2.75) is 168 Å². The summed E-state index contributed by atoms with van der Waals surface area (Å²) >= 11 is 0. The molecule has 0 radical (unpaired) electrons. The van der Waals surface area contributed by atoms with Crippen LogP contribution in [0.5, 0.6) is 0 Å². The van der Waals surface area contributed by atoms with Gasteiger partial charge in [0, 0.05) is 13.1 Å². The molecule has 0 rings (SSSR count). The first-order chi connectivity index (χ1) is 31.9. The molecule has 0 N–H and O–H groups in total. The molecule has 6 atom stereocenters. The number of hydrogen-bond acceptors (Lipinski definition) is 16. The quantitative estimate of drug-likeness (QED) is 0.0447. The van der Waals surface area contributed by atoms with Gasteiger partial charge in [-0.1, -0.05) is 47.5 Å². The maximum absolute atomic E-state index is 14.6. The van der Waals surface area contributed by atoms with Crippen molar-refractivity contribution < 1.29 is 66.7 Å². The predicted octanol–water partition coefficient (Wildman–Crippen LogP) is 8.88. The van der Waals surface area contributed by atoms with Crippen LogP contribution in [0.15, 0.2) is 0 Å². The van der Waals surface area contributed by atoms with Gasteiger partial charge in [-0.15, -0.1) is 0 Å². The zero-order valence-electron chi connectivity index (χ0n) is 47.7. The first-order valence-corrected chi connectivity index (χ1v) is 25.3. The third kappa shape index (κ3) is 20.4. The molecule has 408 valence electrons. The van der Waals surface area contributed by atoms with E-state index in [1.54, 1.807) is 69.2 Å². The summed E-state index contributed by atoms with van der Waals surface area (Å²) in [6.07, 6.45) is 2.56. The molecule has 0 amide bonds. The van der Waals surface area contributed by atoms with Crippen molar-refractivity contribution in [1.82, 2.24) is 9.80 Å². The smallest absolute Gasteiger partial charge is 0.311 e. The zero-order chi connectivity index (χ0) is 54.7. The fourth-order valence-electron chi connectivity index (χ4n) is 9.93. The number of ether oxygens (including phenoxy) is 7. The summed E-state index contributed by atoms with van der Waals surface area (Å²) in [5.74, 6) is -3.79. The number of carbonyl (C=O) groups excluding carboxylic acids is 7. The van der Waals surface area contributed by atoms with E-state index in [0.29, 0.717) is 45.2 Å². The van der Waals surface area contributed by atoms with E-state index in [1.807, 2.05) is 72.6 Å². The molecule has 0 bridgehead atoms. The van der Waals surface area contributed by atoms with Gasteiger partial charge in [0.15, 0.2) is 0 Å². The summed E-state index contributed by atoms with van der Waals surface area (Å²) in [5.41, 5.74) is -9.55. The summed E-state index contributed by atoms with van der Waals surface area (Å²) in [5, 5.41) is 0. The summed E-state index contributed by atoms with van der Waals surface area (Å²) in [7, 11) is 10.1. The fraction of sp³-hybridized carbons (Fsp3) is 0.870. The second kappa shape index (κ2) is 27.9. The number of rotatable bonds is 33. The molecule has 0 saturated heterocycles. The van der Waals surface area contributed by atoms with Gasteiger partial charge >= 0.3 is 41.8 Å². The molecule has 0 heterocycles. The Labute approximate surface area is 423 Å². The minimum absolute atomic E-state index is 0.0300. The van der Waals surface area contributed by atoms with Crippen LogP contribution in [0.4, 0.5) is 0 Å². The summed E-state index contributed by atoms with van der Waals surface area (Å²) < 4.78 is 40.4. The van der Waals surface area contributed by atoms with Crippen molar-refractivity contribution in [2.24, 2.45) is 49.2 Å². The standard InChI is InChI=1S/C54H98N2O14/c1-22-25-50(12,45(62)66-29-27-55(16)17)34-53(15,43(60)65-21)33-49(11,24-3)44(61)70-38-54(26-23-2,36-68-40(57)47(6,7)8)37-69-41(58)48(9,10)32-52(14,46(63)67-30-28-56(18)19)35-51(13,31-39(4)5)42(59)64-20/h39H,22-38H2,1-21H3. The normalized spacial score (nSPS) is 17.4. The van der Waals surface area contributed by atoms with Crippen molar-refractivity contribution in [3.63, 3.8) is 0 Å². The van der Waals surface area contributed by atoms with Gasteiger partial charge in [-0.25, -0.2) is 0 Å². The molecule has 70 heavy (non-hydrogen) atoms. The van der Waals surface area contributed by atoms with Gasteiger partial charge in [-0.2, -0.15) is 0 Å². The summed E-state index contributed by atoms with van der Waals surface area (Å²) in [4.78, 5) is 101. The van der Waals surface area contributed by atoms with Gasteiger partial charge in [0.1, 0.15) is 33.0 Å². The van der Waals surface area contributed by atoms with E-state index < -0.39 is 85.1 Å². The highest BCUT2D eigenvalue weighted by molar-refractivity contribution is 5.84. The molecule has 0 saturated carbocycles. The van der Waals surface area contributed by atoms with Gasteiger partial charge in [0.25, 0.3) is 0 Å². The largest absolute Gasteiger partial charge is 0.469 e. The SMILES string of the molecule is CCCC(COC(=O)C(C)(C)C)(COC(=O)C(C)(C)CC(C)(CC(C)(CC(C)C)C(=O)OC)C(=O)OCCN(C)C)COC(=O)C(C)(CC)CC(C)(CC(C)(CCC)C(=O)OCCN(C)C)C(=O)OC. The van der Waals surface area contributed by atoms with E-state index in [1.165, 1.54) is 14.2 Å². The number of esters is 7. The lowest BCUT2D eigenvalue weighted by molar-refractivity contribution is -0.177. The Kier molecular flexibility index (Phi) is 26.4. The van der Waals surface area contributed by atoms with Crippen molar-refractivity contribution in [3.05, 3.63) is 0 Å². The van der Waals surface area contributed by atoms with Gasteiger partial charge in [0.05, 0.1) is 57.5 Å². The van der Waals surface area contributed by atoms with Crippen LogP contribution >= 0.6 is 0 Å². The number of likely N-dealkylation sites (N-methyl/N-ethyl adjacent to an activating group) is 2. The number of hydrogen-bond donors (Lipinski definition) is 0. The van der Waals surface area contributed by atoms with Gasteiger partial charge in [0.2, 0.25) is 0 Å². The highest BCUT2D eigenvalue weighted by atomic mass is 16.6. The van der Waals surface area contributed by atoms with Gasteiger partial charge < -0.3 is 43.0 Å². The molecule has 0 aromatic heterocycles. The lowest BCUT2D eigenvalue weighted by Gasteiger charge is -2.41. The van der Waals surface area contributed by atoms with Crippen molar-refractivity contribution >= 4 is 41.8 Å². The highest BCUT2D eigenvalue weighted by Gasteiger charge is 2.53. The zero-order valence-corrected chi connectivity index (χ0v) is 47.7. The van der Waals surface area contributed by atoms with Crippen LogP contribution in [0.1, 0.15) is 168 Å². The molecular weight excluding hydrogens is 901 g/mol. The Hall–Kier alpha value is -3.79. The first kappa shape index (κ1) is 66.2. The van der Waals surface area contributed by atoms with Crippen LogP contribution in [0.2, 0.25) is 0 Å². The monoisotopic (exact) mass is 999 g/mol. The van der Waals surface area contributed by atoms with Crippen molar-refractivity contribution in [1.29, 1.82) is 0 Å². The molecular formula is C54H98N2O14. The van der Waals surface area contributed by atoms with Gasteiger partial charge in [-0.3, -0.25) is 33.6 Å². The Morgan fingerprint density at radius 2 is 0.814 bits per heavy atom. The first-order valence-electron chi connectivity index (χ1n) is 25.3. The molecule has 0 spiro atoms. The van der Waals surface area contributed by atoms with Crippen molar-refractivity contribution in [2.75, 3.05) is 88.5 Å². The maximum atomic E-state index is 14.6. The second-order valence-electron chi connectivity index (χ2n) is 24.2. The molecule has 0 aromatic carbocycles. The van der Waals surface area contributed by atoms with Crippen LogP contribution in [-0.2, 0) is 66.7 Å². The van der Waals surface area contributed by atoms with Crippen LogP contribution in [0, 0.1) is 49.2 Å². The topological polar surface area (TPSA) is 191 Å². The van der Waals surface area contributed by atoms with E-state index in [-0.39, 0.29) is 71.1 Å². The molecule has 0 aliphatic carbocycles. The molecule has 0 aliphatic heterocycles. The number of carbonyl (C=O) groups is 7. The lowest BCUT2D eigenvalue weighted by Crippen LogP contribution is -2.47. The van der Waals surface area contributed by atoms with Crippen molar-refractivity contribution in [3.8, 4) is 0 Å². The fourth-order valence-corrected chi connectivity index (χ4v) is 9.93. The molecule has 16 heteroatoms. The predicted molar refractivity (Wildman–Crippen MR) is 270 cm³/mol. The number of nitrogens with zero attached hydrogens (tertiary/aromatic N) is 2. The third-order valence-corrected chi connectivity index (χ3v) is 13.5. The maximum Gasteiger partial charge on any atom is 0.311 e. The van der Waals surface area contributed by atoms with Crippen LogP contribution in [0.25, 0.3) is 0 Å². The third-order valence-electron chi connectivity index (χ3n) is 13.5. The molecule has 6 unspecified atom stereocenters. The van der Waals surface area contributed by atoms with Crippen LogP contribution in [0.3, 0.4) is 0 Å². The van der Waals surface area contributed by atoms with Gasteiger partial charge in [-0.05, 0) is 155 Å². The summed E-state index contributed by atoms with van der Waals surface area (Å²) in [6, 6.07) is 0. The molecule has 16 nitrogen and oxygen atoms in total. The highest BCUT2D eigenvalue weighted by Crippen LogP contribution is 2.49. The Morgan fingerprint density at radius 1 is 0.443 bits per heavy atom. The van der Waals surface area contributed by atoms with E-state index in [0.717, 1.165) is 0 Å². The van der Waals surface area contributed by atoms with Crippen LogP contribution in [-0.4, -0.2) is 140 Å². The van der Waals surface area contributed by atoms with Crippen LogP contribution < -0.4 is 0 Å². The molecule has 0 aromatic rings. The Morgan fingerprint density at radius 3 is 1.21 bits per heavy atom. The molecule has 0 aliphatic rings. The minimum Gasteiger partial charge on any atom is -0.469 e. The molecule has 0 fully saturated rings. The average molecular weight is 999 g/mol. The minimum atomic E-state index is -1.35. The Balaban J connectivity index is 7.18. The van der Waals surface area contributed by atoms with E-state index >= 15 is 0 Å². The van der Waals surface area contributed by atoms with E-state index in [4.69, 9.17) is 33.2 Å². The van der Waals surface area contributed by atoms with E-state index in [2.05, 4.69) is 0 Å². The number of methoxy groups -OCH3 is 2. The second-order valence-corrected chi connectivity index (χ2v) is 24.2. The average Bonchev–Trinajstić information content (AvgIpc) is 3.24. The Bertz CT molecular complexity index is 1720. The lowest BCUT2D eigenvalue weighted by atomic mass is 9.63. The van der Waals surface area contributed by atoms with E-state index in [9.17, 15) is 33.6 Å².